The fraction of sp³-hybridized carbons (Fsp3) is 0.321. The summed E-state index contributed by atoms with van der Waals surface area (Å²) in [5.41, 5.74) is 3.52. The van der Waals surface area contributed by atoms with Gasteiger partial charge in [-0.25, -0.2) is 4.98 Å². The topological polar surface area (TPSA) is 45.6 Å². The molecule has 2 aromatic carbocycles. The van der Waals surface area contributed by atoms with Gasteiger partial charge in [0.2, 0.25) is 0 Å². The Hall–Kier alpha value is -3.05. The van der Waals surface area contributed by atoms with E-state index >= 15 is 0 Å². The van der Waals surface area contributed by atoms with E-state index in [0.29, 0.717) is 55.5 Å². The molecule has 1 aromatic heterocycles. The van der Waals surface area contributed by atoms with Gasteiger partial charge in [-0.2, -0.15) is 13.2 Å². The van der Waals surface area contributed by atoms with Crippen molar-refractivity contribution in [2.45, 2.75) is 25.1 Å². The Bertz CT molecular complexity index is 1180. The quantitative estimate of drug-likeness (QED) is 0.421. The normalized spacial score (nSPS) is 15.7. The van der Waals surface area contributed by atoms with Gasteiger partial charge in [-0.15, -0.1) is 0 Å². The first kappa shape index (κ1) is 26.0. The largest absolute Gasteiger partial charge is 0.492 e. The van der Waals surface area contributed by atoms with Gasteiger partial charge in [-0.1, -0.05) is 35.7 Å². The number of piperidine rings is 1. The van der Waals surface area contributed by atoms with Crippen LogP contribution in [-0.4, -0.2) is 53.5 Å². The molecule has 0 amide bonds. The molecule has 1 aliphatic heterocycles. The lowest BCUT2D eigenvalue weighted by molar-refractivity contribution is -0.223. The van der Waals surface area contributed by atoms with E-state index in [1.165, 1.54) is 0 Å². The maximum absolute atomic E-state index is 12.7. The third-order valence-electron chi connectivity index (χ3n) is 6.22. The molecule has 1 aliphatic rings. The lowest BCUT2D eigenvalue weighted by atomic mass is 9.91. The number of halogens is 4. The van der Waals surface area contributed by atoms with E-state index in [1.807, 2.05) is 60.7 Å². The molecular weight excluding hydrogens is 489 g/mol. The Morgan fingerprint density at radius 2 is 1.64 bits per heavy atom. The number of aliphatic hydroxyl groups is 1. The predicted octanol–water partition coefficient (Wildman–Crippen LogP) is 5.82. The second kappa shape index (κ2) is 11.8. The standard InChI is InChI=1S/C28H26ClF3N2O2/c29-24-7-4-21(5-8-24)23-6-10-25(33-19-23)9-1-20-2-11-26(12-3-20)36-18-17-34-15-13-22(14-16-34)27(35)28(30,31)32/h2-8,10-12,19,22,27,35H,13-18H2. The van der Waals surface area contributed by atoms with Crippen molar-refractivity contribution in [2.24, 2.45) is 5.92 Å². The molecule has 4 rings (SSSR count). The van der Waals surface area contributed by atoms with E-state index in [1.54, 1.807) is 6.20 Å². The molecular formula is C28H26ClF3N2O2. The minimum Gasteiger partial charge on any atom is -0.492 e. The molecule has 3 aromatic rings. The summed E-state index contributed by atoms with van der Waals surface area (Å²) in [7, 11) is 0. The van der Waals surface area contributed by atoms with Crippen molar-refractivity contribution in [2.75, 3.05) is 26.2 Å². The lowest BCUT2D eigenvalue weighted by Gasteiger charge is -2.34. The van der Waals surface area contributed by atoms with E-state index in [9.17, 15) is 18.3 Å². The van der Waals surface area contributed by atoms with Crippen LogP contribution < -0.4 is 4.74 Å². The summed E-state index contributed by atoms with van der Waals surface area (Å²) in [5, 5.41) is 10.1. The van der Waals surface area contributed by atoms with E-state index < -0.39 is 18.2 Å². The van der Waals surface area contributed by atoms with Crippen LogP contribution in [0.4, 0.5) is 13.2 Å². The fourth-order valence-electron chi connectivity index (χ4n) is 4.10. The molecule has 1 N–H and O–H groups in total. The summed E-state index contributed by atoms with van der Waals surface area (Å²) in [5.74, 6) is 6.12. The molecule has 8 heteroatoms. The zero-order valence-corrected chi connectivity index (χ0v) is 20.3. The van der Waals surface area contributed by atoms with Crippen molar-refractivity contribution >= 4 is 11.6 Å². The third kappa shape index (κ3) is 7.23. The number of likely N-dealkylation sites (tertiary alicyclic amines) is 1. The first-order valence-corrected chi connectivity index (χ1v) is 12.1. The van der Waals surface area contributed by atoms with Crippen molar-refractivity contribution in [1.29, 1.82) is 0 Å². The zero-order valence-electron chi connectivity index (χ0n) is 19.5. The number of aliphatic hydroxyl groups excluding tert-OH is 1. The first-order chi connectivity index (χ1) is 17.3. The van der Waals surface area contributed by atoms with E-state index in [-0.39, 0.29) is 0 Å². The molecule has 1 fully saturated rings. The molecule has 36 heavy (non-hydrogen) atoms. The van der Waals surface area contributed by atoms with Crippen LogP contribution in [0.3, 0.4) is 0 Å². The number of aromatic nitrogens is 1. The second-order valence-electron chi connectivity index (χ2n) is 8.73. The number of nitrogens with zero attached hydrogens (tertiary/aromatic N) is 2. The van der Waals surface area contributed by atoms with Crippen molar-refractivity contribution in [3.63, 3.8) is 0 Å². The Kier molecular flexibility index (Phi) is 8.52. The highest BCUT2D eigenvalue weighted by molar-refractivity contribution is 6.30. The Labute approximate surface area is 213 Å². The number of rotatable bonds is 6. The van der Waals surface area contributed by atoms with Crippen molar-refractivity contribution in [3.05, 3.63) is 83.1 Å². The highest BCUT2D eigenvalue weighted by Crippen LogP contribution is 2.31. The molecule has 4 nitrogen and oxygen atoms in total. The zero-order chi connectivity index (χ0) is 25.5. The number of pyridine rings is 1. The molecule has 1 saturated heterocycles. The van der Waals surface area contributed by atoms with Gasteiger partial charge in [0.15, 0.2) is 6.10 Å². The van der Waals surface area contributed by atoms with Crippen LogP contribution in [0.25, 0.3) is 11.1 Å². The predicted molar refractivity (Wildman–Crippen MR) is 134 cm³/mol. The molecule has 0 bridgehead atoms. The number of benzene rings is 2. The van der Waals surface area contributed by atoms with Gasteiger partial charge in [0.05, 0.1) is 0 Å². The summed E-state index contributed by atoms with van der Waals surface area (Å²) in [6.07, 6.45) is -4.35. The number of ether oxygens (including phenoxy) is 1. The maximum atomic E-state index is 12.7. The summed E-state index contributed by atoms with van der Waals surface area (Å²) in [4.78, 5) is 6.48. The number of alkyl halides is 3. The van der Waals surface area contributed by atoms with Crippen LogP contribution in [0.5, 0.6) is 5.75 Å². The minimum atomic E-state index is -4.55. The number of hydrogen-bond acceptors (Lipinski definition) is 4. The van der Waals surface area contributed by atoms with Crippen molar-refractivity contribution in [1.82, 2.24) is 9.88 Å². The fourth-order valence-corrected chi connectivity index (χ4v) is 4.23. The Balaban J connectivity index is 1.22. The van der Waals surface area contributed by atoms with Gasteiger partial charge in [0, 0.05) is 28.9 Å². The smallest absolute Gasteiger partial charge is 0.414 e. The third-order valence-corrected chi connectivity index (χ3v) is 6.47. The molecule has 0 spiro atoms. The average Bonchev–Trinajstić information content (AvgIpc) is 2.88. The maximum Gasteiger partial charge on any atom is 0.414 e. The highest BCUT2D eigenvalue weighted by Gasteiger charge is 2.44. The van der Waals surface area contributed by atoms with E-state index in [4.69, 9.17) is 16.3 Å². The Morgan fingerprint density at radius 3 is 2.25 bits per heavy atom. The summed E-state index contributed by atoms with van der Waals surface area (Å²) in [6.45, 7) is 2.09. The summed E-state index contributed by atoms with van der Waals surface area (Å²) in [6, 6.07) is 18.8. The van der Waals surface area contributed by atoms with E-state index in [2.05, 4.69) is 21.7 Å². The molecule has 0 radical (unpaired) electrons. The van der Waals surface area contributed by atoms with Crippen LogP contribution in [-0.2, 0) is 0 Å². The molecule has 2 heterocycles. The van der Waals surface area contributed by atoms with Gasteiger partial charge in [0.1, 0.15) is 18.1 Å². The van der Waals surface area contributed by atoms with Gasteiger partial charge in [-0.3, -0.25) is 4.90 Å². The monoisotopic (exact) mass is 514 g/mol. The summed E-state index contributed by atoms with van der Waals surface area (Å²) < 4.78 is 43.8. The van der Waals surface area contributed by atoms with Gasteiger partial charge in [0.25, 0.3) is 0 Å². The molecule has 188 valence electrons. The van der Waals surface area contributed by atoms with Crippen LogP contribution in [0, 0.1) is 17.8 Å². The first-order valence-electron chi connectivity index (χ1n) is 11.7. The van der Waals surface area contributed by atoms with Crippen molar-refractivity contribution < 1.29 is 23.0 Å². The van der Waals surface area contributed by atoms with Crippen LogP contribution >= 0.6 is 11.6 Å². The van der Waals surface area contributed by atoms with Gasteiger partial charge < -0.3 is 9.84 Å². The van der Waals surface area contributed by atoms with E-state index in [0.717, 1.165) is 16.7 Å². The Morgan fingerprint density at radius 1 is 0.972 bits per heavy atom. The van der Waals surface area contributed by atoms with Crippen LogP contribution in [0.2, 0.25) is 5.02 Å². The van der Waals surface area contributed by atoms with Gasteiger partial charge in [-0.05, 0) is 85.8 Å². The molecule has 1 unspecified atom stereocenters. The van der Waals surface area contributed by atoms with Crippen molar-refractivity contribution in [3.8, 4) is 28.7 Å². The second-order valence-corrected chi connectivity index (χ2v) is 9.16. The molecule has 0 saturated carbocycles. The van der Waals surface area contributed by atoms with Gasteiger partial charge >= 0.3 is 6.18 Å². The number of hydrogen-bond donors (Lipinski definition) is 1. The van der Waals surface area contributed by atoms with Crippen LogP contribution in [0.1, 0.15) is 24.1 Å². The highest BCUT2D eigenvalue weighted by atomic mass is 35.5. The molecule has 1 atom stereocenters. The average molecular weight is 515 g/mol. The van der Waals surface area contributed by atoms with Crippen LogP contribution in [0.15, 0.2) is 66.9 Å². The summed E-state index contributed by atoms with van der Waals surface area (Å²) >= 11 is 5.94. The minimum absolute atomic E-state index is 0.326. The molecule has 0 aliphatic carbocycles. The SMILES string of the molecule is OC(C1CCN(CCOc2ccc(C#Cc3ccc(-c4ccc(Cl)cc4)cn3)cc2)CC1)C(F)(F)F. The lowest BCUT2D eigenvalue weighted by Crippen LogP contribution is -2.44.